The van der Waals surface area contributed by atoms with Crippen molar-refractivity contribution in [3.63, 3.8) is 0 Å². The molecule has 0 spiro atoms. The summed E-state index contributed by atoms with van der Waals surface area (Å²) in [6.07, 6.45) is 3.20. The summed E-state index contributed by atoms with van der Waals surface area (Å²) in [6.45, 7) is 3.81. The zero-order chi connectivity index (χ0) is 30.6. The van der Waals surface area contributed by atoms with Gasteiger partial charge < -0.3 is 25.7 Å². The van der Waals surface area contributed by atoms with E-state index in [2.05, 4.69) is 51.9 Å². The molecule has 0 aliphatic heterocycles. The maximum atomic E-state index is 13.5. The van der Waals surface area contributed by atoms with E-state index in [0.717, 1.165) is 49.8 Å². The Labute approximate surface area is 256 Å². The van der Waals surface area contributed by atoms with Gasteiger partial charge in [0, 0.05) is 29.9 Å². The van der Waals surface area contributed by atoms with Gasteiger partial charge in [0.1, 0.15) is 11.8 Å². The van der Waals surface area contributed by atoms with E-state index >= 15 is 0 Å². The number of amides is 1. The third kappa shape index (κ3) is 6.40. The molecule has 8 nitrogen and oxygen atoms in total. The molecule has 0 saturated carbocycles. The molecule has 0 fully saturated rings. The molecule has 2 unspecified atom stereocenters. The second-order valence-corrected chi connectivity index (χ2v) is 11.3. The summed E-state index contributed by atoms with van der Waals surface area (Å²) in [7, 11) is 0. The van der Waals surface area contributed by atoms with Crippen molar-refractivity contribution in [2.75, 3.05) is 0 Å². The minimum Gasteiger partial charge on any atom is -0.508 e. The summed E-state index contributed by atoms with van der Waals surface area (Å²) in [4.78, 5) is 21.5. The summed E-state index contributed by atoms with van der Waals surface area (Å²) in [5, 5.41) is 18.3. The fraction of sp³-hybridized carbons (Fsp3) is 0.194. The molecule has 6 aromatic rings. The number of benzene rings is 4. The lowest BCUT2D eigenvalue weighted by Crippen LogP contribution is -2.44. The smallest absolute Gasteiger partial charge is 0.249 e. The van der Waals surface area contributed by atoms with Gasteiger partial charge in [-0.05, 0) is 77.4 Å². The lowest BCUT2D eigenvalue weighted by Gasteiger charge is -2.20. The van der Waals surface area contributed by atoms with Crippen LogP contribution in [-0.4, -0.2) is 32.2 Å². The summed E-state index contributed by atoms with van der Waals surface area (Å²) >= 11 is 0. The number of phenols is 1. The van der Waals surface area contributed by atoms with Gasteiger partial charge in [0.2, 0.25) is 11.8 Å². The quantitative estimate of drug-likeness (QED) is 0.154. The number of hydrogen-bond acceptors (Lipinski definition) is 6. The summed E-state index contributed by atoms with van der Waals surface area (Å²) in [5.74, 6) is 0.729. The number of para-hydroxylation sites is 1. The molecule has 8 heteroatoms. The first-order chi connectivity index (χ1) is 21.3. The van der Waals surface area contributed by atoms with Gasteiger partial charge in [-0.3, -0.25) is 4.79 Å². The highest BCUT2D eigenvalue weighted by Crippen LogP contribution is 2.26. The topological polar surface area (TPSA) is 130 Å². The molecule has 0 radical (unpaired) electrons. The predicted molar refractivity (Wildman–Crippen MR) is 171 cm³/mol. The van der Waals surface area contributed by atoms with Crippen LogP contribution in [0.4, 0.5) is 0 Å². The molecule has 0 aliphatic carbocycles. The highest BCUT2D eigenvalue weighted by molar-refractivity contribution is 5.84. The van der Waals surface area contributed by atoms with Crippen LogP contribution in [0.15, 0.2) is 102 Å². The van der Waals surface area contributed by atoms with Crippen molar-refractivity contribution in [1.82, 2.24) is 20.4 Å². The largest absolute Gasteiger partial charge is 0.508 e. The predicted octanol–water partition coefficient (Wildman–Crippen LogP) is 6.10. The molecule has 2 heterocycles. The van der Waals surface area contributed by atoms with Gasteiger partial charge in [-0.25, -0.2) is 0 Å². The second kappa shape index (κ2) is 12.6. The third-order valence-corrected chi connectivity index (χ3v) is 8.06. The highest BCUT2D eigenvalue weighted by atomic mass is 16.5. The van der Waals surface area contributed by atoms with Crippen molar-refractivity contribution in [2.45, 2.75) is 45.2 Å². The number of rotatable bonds is 10. The van der Waals surface area contributed by atoms with Crippen LogP contribution in [0.5, 0.6) is 5.75 Å². The minimum atomic E-state index is -0.812. The maximum absolute atomic E-state index is 13.5. The van der Waals surface area contributed by atoms with Gasteiger partial charge in [0.15, 0.2) is 5.82 Å². The Hall–Kier alpha value is -5.21. The molecule has 1 amide bonds. The normalized spacial score (nSPS) is 12.7. The second-order valence-electron chi connectivity index (χ2n) is 11.3. The molecule has 4 aromatic carbocycles. The monoisotopic (exact) mass is 585 g/mol. The lowest BCUT2D eigenvalue weighted by atomic mass is 9.95. The number of aromatic nitrogens is 3. The van der Waals surface area contributed by atoms with E-state index in [0.29, 0.717) is 31.0 Å². The number of nitrogens with zero attached hydrogens (tertiary/aromatic N) is 2. The van der Waals surface area contributed by atoms with Crippen LogP contribution < -0.4 is 11.1 Å². The summed E-state index contributed by atoms with van der Waals surface area (Å²) in [5.41, 5.74) is 14.5. The van der Waals surface area contributed by atoms with Crippen molar-refractivity contribution in [3.05, 3.63) is 137 Å². The Morgan fingerprint density at radius 1 is 0.932 bits per heavy atom. The van der Waals surface area contributed by atoms with E-state index in [9.17, 15) is 9.90 Å². The number of aryl methyl sites for hydroxylation is 2. The van der Waals surface area contributed by atoms with Crippen LogP contribution in [-0.2, 0) is 24.1 Å². The molecule has 6 rings (SSSR count). The number of fused-ring (bicyclic) bond motifs is 1. The van der Waals surface area contributed by atoms with Gasteiger partial charge >= 0.3 is 0 Å². The van der Waals surface area contributed by atoms with Gasteiger partial charge in [-0.2, -0.15) is 4.98 Å². The molecule has 0 saturated heterocycles. The number of carbonyl (C=O) groups excluding carboxylic acids is 1. The van der Waals surface area contributed by atoms with Gasteiger partial charge in [-0.1, -0.05) is 78.0 Å². The third-order valence-electron chi connectivity index (χ3n) is 8.06. The van der Waals surface area contributed by atoms with Crippen molar-refractivity contribution >= 4 is 16.8 Å². The maximum Gasteiger partial charge on any atom is 0.249 e. The molecule has 2 aromatic heterocycles. The van der Waals surface area contributed by atoms with Gasteiger partial charge in [0.25, 0.3) is 0 Å². The first-order valence-electron chi connectivity index (χ1n) is 14.7. The van der Waals surface area contributed by atoms with E-state index < -0.39 is 12.1 Å². The zero-order valence-electron chi connectivity index (χ0n) is 24.7. The van der Waals surface area contributed by atoms with E-state index in [1.54, 1.807) is 12.1 Å². The van der Waals surface area contributed by atoms with Crippen molar-refractivity contribution < 1.29 is 14.4 Å². The molecule has 222 valence electrons. The van der Waals surface area contributed by atoms with Gasteiger partial charge in [-0.15, -0.1) is 0 Å². The molecule has 44 heavy (non-hydrogen) atoms. The van der Waals surface area contributed by atoms with E-state index in [1.807, 2.05) is 62.5 Å². The average molecular weight is 586 g/mol. The number of nitrogens with one attached hydrogen (secondary N) is 2. The molecule has 5 N–H and O–H groups in total. The number of nitrogens with two attached hydrogens (primary N) is 1. The number of hydrogen-bond donors (Lipinski definition) is 4. The molecule has 0 bridgehead atoms. The van der Waals surface area contributed by atoms with Crippen LogP contribution >= 0.6 is 0 Å². The van der Waals surface area contributed by atoms with Crippen LogP contribution in [0.2, 0.25) is 0 Å². The van der Waals surface area contributed by atoms with Crippen molar-refractivity contribution in [2.24, 2.45) is 5.73 Å². The first-order valence-corrected chi connectivity index (χ1v) is 14.7. The van der Waals surface area contributed by atoms with Gasteiger partial charge in [0.05, 0.1) is 6.04 Å². The Morgan fingerprint density at radius 3 is 2.36 bits per heavy atom. The molecule has 0 aliphatic rings. The lowest BCUT2D eigenvalue weighted by molar-refractivity contribution is -0.123. The number of aromatic amines is 1. The van der Waals surface area contributed by atoms with E-state index in [4.69, 9.17) is 15.2 Å². The van der Waals surface area contributed by atoms with E-state index in [1.165, 1.54) is 0 Å². The molecular formula is C36H35N5O3. The Balaban J connectivity index is 1.22. The summed E-state index contributed by atoms with van der Waals surface area (Å²) in [6, 6.07) is 28.5. The fourth-order valence-corrected chi connectivity index (χ4v) is 5.71. The van der Waals surface area contributed by atoms with Crippen LogP contribution in [0.3, 0.4) is 0 Å². The van der Waals surface area contributed by atoms with Crippen molar-refractivity contribution in [3.8, 4) is 16.9 Å². The number of H-pyrrole nitrogens is 1. The van der Waals surface area contributed by atoms with E-state index in [-0.39, 0.29) is 11.7 Å². The number of aromatic hydroxyl groups is 1. The van der Waals surface area contributed by atoms with Crippen LogP contribution in [0.1, 0.15) is 45.6 Å². The minimum absolute atomic E-state index is 0.194. The van der Waals surface area contributed by atoms with Crippen LogP contribution in [0.25, 0.3) is 22.0 Å². The fourth-order valence-electron chi connectivity index (χ4n) is 5.71. The zero-order valence-corrected chi connectivity index (χ0v) is 24.7. The van der Waals surface area contributed by atoms with Crippen molar-refractivity contribution in [1.29, 1.82) is 0 Å². The Kier molecular flexibility index (Phi) is 8.25. The highest BCUT2D eigenvalue weighted by Gasteiger charge is 2.26. The average Bonchev–Trinajstić information content (AvgIpc) is 3.66. The SMILES string of the molecule is Cc1cc(O)cc(C)c1CC(N)C(=O)NC(Cc1c[nH]c2ccccc12)c1nc(Cc2ccc(-c3ccccc3)cc2)no1. The van der Waals surface area contributed by atoms with Crippen LogP contribution in [0, 0.1) is 13.8 Å². The Bertz CT molecular complexity index is 1870. The number of carbonyl (C=O) groups is 1. The molecular weight excluding hydrogens is 550 g/mol. The summed E-state index contributed by atoms with van der Waals surface area (Å²) < 4.78 is 5.75. The first kappa shape index (κ1) is 28.9. The number of phenolic OH excluding ortho intramolecular Hbond substituents is 1. The Morgan fingerprint density at radius 2 is 1.61 bits per heavy atom. The molecule has 2 atom stereocenters. The standard InChI is InChI=1S/C36H35N5O3/c1-22-16-28(42)17-23(2)30(22)20-31(37)35(43)39-33(19-27-21-38-32-11-7-6-10-29(27)32)36-40-34(41-44-36)18-24-12-14-26(15-13-24)25-8-4-3-5-9-25/h3-17,21,31,33,38,42H,18-20,37H2,1-2H3,(H,39,43).